The summed E-state index contributed by atoms with van der Waals surface area (Å²) in [6.07, 6.45) is 0. The van der Waals surface area contributed by atoms with E-state index in [0.29, 0.717) is 16.8 Å². The van der Waals surface area contributed by atoms with E-state index in [1.165, 1.54) is 6.07 Å². The summed E-state index contributed by atoms with van der Waals surface area (Å²) in [6, 6.07) is 4.96. The van der Waals surface area contributed by atoms with E-state index in [4.69, 9.17) is 23.8 Å². The molecular formula is C12H7BrClFN2S2. The smallest absolute Gasteiger partial charge is 0.178 e. The van der Waals surface area contributed by atoms with Gasteiger partial charge < -0.3 is 9.55 Å². The Labute approximate surface area is 131 Å². The fourth-order valence-electron chi connectivity index (χ4n) is 1.89. The Bertz CT molecular complexity index is 821. The third-order valence-electron chi connectivity index (χ3n) is 2.81. The monoisotopic (exact) mass is 376 g/mol. The van der Waals surface area contributed by atoms with Gasteiger partial charge in [0.05, 0.1) is 22.6 Å². The molecule has 7 heteroatoms. The van der Waals surface area contributed by atoms with Crippen molar-refractivity contribution < 1.29 is 4.39 Å². The van der Waals surface area contributed by atoms with Crippen LogP contribution in [-0.4, -0.2) is 9.55 Å². The normalized spacial score (nSPS) is 11.3. The second-order valence-corrected chi connectivity index (χ2v) is 6.64. The van der Waals surface area contributed by atoms with Crippen LogP contribution >= 0.6 is 51.1 Å². The average Bonchev–Trinajstić information content (AvgIpc) is 2.88. The lowest BCUT2D eigenvalue weighted by atomic mass is 10.3. The molecule has 0 saturated heterocycles. The number of imidazole rings is 1. The Hall–Kier alpha value is -0.690. The van der Waals surface area contributed by atoms with E-state index in [9.17, 15) is 4.39 Å². The zero-order chi connectivity index (χ0) is 13.6. The maximum atomic E-state index is 13.4. The Kier molecular flexibility index (Phi) is 3.51. The van der Waals surface area contributed by atoms with Crippen molar-refractivity contribution in [3.05, 3.63) is 48.5 Å². The number of rotatable bonds is 2. The molecular weight excluding hydrogens is 371 g/mol. The molecule has 0 amide bonds. The summed E-state index contributed by atoms with van der Waals surface area (Å²) in [5, 5.41) is 2.10. The summed E-state index contributed by atoms with van der Waals surface area (Å²) in [7, 11) is 0. The second-order valence-electron chi connectivity index (χ2n) is 3.99. The summed E-state index contributed by atoms with van der Waals surface area (Å²) in [6.45, 7) is 0.624. The van der Waals surface area contributed by atoms with Gasteiger partial charge in [-0.05, 0) is 45.7 Å². The number of hydrogen-bond donors (Lipinski definition) is 1. The number of aromatic amines is 1. The van der Waals surface area contributed by atoms with Crippen molar-refractivity contribution in [2.24, 2.45) is 0 Å². The van der Waals surface area contributed by atoms with Crippen LogP contribution in [0.4, 0.5) is 4.39 Å². The van der Waals surface area contributed by atoms with Crippen LogP contribution in [0.3, 0.4) is 0 Å². The maximum Gasteiger partial charge on any atom is 0.178 e. The third kappa shape index (κ3) is 2.38. The van der Waals surface area contributed by atoms with E-state index in [1.807, 2.05) is 16.0 Å². The van der Waals surface area contributed by atoms with Gasteiger partial charge in [0.1, 0.15) is 5.82 Å². The largest absolute Gasteiger partial charge is 0.330 e. The number of thiophene rings is 1. The fraction of sp³-hybridized carbons (Fsp3) is 0.0833. The average molecular weight is 378 g/mol. The van der Waals surface area contributed by atoms with Gasteiger partial charge in [-0.1, -0.05) is 11.6 Å². The molecule has 0 unspecified atom stereocenters. The molecule has 2 heterocycles. The first-order chi connectivity index (χ1) is 9.06. The van der Waals surface area contributed by atoms with Crippen LogP contribution in [0.1, 0.15) is 4.88 Å². The molecule has 0 aliphatic rings. The van der Waals surface area contributed by atoms with E-state index < -0.39 is 5.82 Å². The Morgan fingerprint density at radius 1 is 1.47 bits per heavy atom. The van der Waals surface area contributed by atoms with Gasteiger partial charge >= 0.3 is 0 Å². The molecule has 0 saturated carbocycles. The molecule has 3 aromatic rings. The molecule has 0 aliphatic heterocycles. The summed E-state index contributed by atoms with van der Waals surface area (Å²) < 4.78 is 16.9. The Morgan fingerprint density at radius 3 is 2.95 bits per heavy atom. The highest BCUT2D eigenvalue weighted by Crippen LogP contribution is 2.27. The minimum absolute atomic E-state index is 0.0977. The van der Waals surface area contributed by atoms with Crippen LogP contribution in [0.25, 0.3) is 11.0 Å². The van der Waals surface area contributed by atoms with Gasteiger partial charge in [0.15, 0.2) is 4.77 Å². The van der Waals surface area contributed by atoms with E-state index in [-0.39, 0.29) is 5.02 Å². The predicted octanol–water partition coefficient (Wildman–Crippen LogP) is 5.36. The third-order valence-corrected chi connectivity index (χ3v) is 5.33. The van der Waals surface area contributed by atoms with Gasteiger partial charge in [-0.2, -0.15) is 0 Å². The molecule has 0 bridgehead atoms. The van der Waals surface area contributed by atoms with Crippen LogP contribution in [0.2, 0.25) is 5.02 Å². The molecule has 2 nitrogen and oxygen atoms in total. The summed E-state index contributed by atoms with van der Waals surface area (Å²) >= 11 is 16.3. The van der Waals surface area contributed by atoms with E-state index >= 15 is 0 Å². The van der Waals surface area contributed by atoms with Crippen molar-refractivity contribution in [2.75, 3.05) is 0 Å². The summed E-state index contributed by atoms with van der Waals surface area (Å²) in [4.78, 5) is 4.15. The number of benzene rings is 1. The van der Waals surface area contributed by atoms with Crippen molar-refractivity contribution in [3.63, 3.8) is 0 Å². The summed E-state index contributed by atoms with van der Waals surface area (Å²) in [5.41, 5.74) is 1.45. The first-order valence-electron chi connectivity index (χ1n) is 5.35. The number of nitrogens with zero attached hydrogens (tertiary/aromatic N) is 1. The van der Waals surface area contributed by atoms with Crippen molar-refractivity contribution in [2.45, 2.75) is 6.54 Å². The zero-order valence-electron chi connectivity index (χ0n) is 9.41. The lowest BCUT2D eigenvalue weighted by molar-refractivity contribution is 0.629. The number of fused-ring (bicyclic) bond motifs is 1. The molecule has 19 heavy (non-hydrogen) atoms. The molecule has 3 rings (SSSR count). The van der Waals surface area contributed by atoms with Crippen molar-refractivity contribution in [1.29, 1.82) is 0 Å². The molecule has 1 aromatic carbocycles. The van der Waals surface area contributed by atoms with Crippen LogP contribution < -0.4 is 0 Å². The van der Waals surface area contributed by atoms with E-state index in [0.717, 1.165) is 14.9 Å². The van der Waals surface area contributed by atoms with Gasteiger partial charge in [0.2, 0.25) is 0 Å². The van der Waals surface area contributed by atoms with Crippen molar-refractivity contribution >= 4 is 62.1 Å². The fourth-order valence-corrected chi connectivity index (χ4v) is 3.79. The number of nitrogens with one attached hydrogen (secondary N) is 1. The van der Waals surface area contributed by atoms with Crippen LogP contribution in [0.15, 0.2) is 28.1 Å². The Balaban J connectivity index is 2.18. The van der Waals surface area contributed by atoms with Crippen LogP contribution in [0.5, 0.6) is 0 Å². The predicted molar refractivity (Wildman–Crippen MR) is 83.2 cm³/mol. The molecule has 0 aliphatic carbocycles. The minimum Gasteiger partial charge on any atom is -0.330 e. The van der Waals surface area contributed by atoms with Crippen molar-refractivity contribution in [1.82, 2.24) is 9.55 Å². The van der Waals surface area contributed by atoms with Gasteiger partial charge in [0.25, 0.3) is 0 Å². The highest BCUT2D eigenvalue weighted by molar-refractivity contribution is 9.10. The molecule has 0 spiro atoms. The minimum atomic E-state index is -0.449. The van der Waals surface area contributed by atoms with E-state index in [1.54, 1.807) is 17.4 Å². The van der Waals surface area contributed by atoms with Gasteiger partial charge in [0, 0.05) is 15.4 Å². The molecule has 1 N–H and O–H groups in total. The van der Waals surface area contributed by atoms with Crippen LogP contribution in [0, 0.1) is 10.6 Å². The van der Waals surface area contributed by atoms with Gasteiger partial charge in [-0.15, -0.1) is 11.3 Å². The summed E-state index contributed by atoms with van der Waals surface area (Å²) in [5.74, 6) is -0.449. The van der Waals surface area contributed by atoms with Gasteiger partial charge in [-0.25, -0.2) is 4.39 Å². The lowest BCUT2D eigenvalue weighted by Crippen LogP contribution is -1.98. The highest BCUT2D eigenvalue weighted by Gasteiger charge is 2.11. The lowest BCUT2D eigenvalue weighted by Gasteiger charge is -2.04. The SMILES string of the molecule is Fc1cc2[nH]c(=S)n(Cc3sccc3Br)c2cc1Cl. The van der Waals surface area contributed by atoms with Crippen LogP contribution in [-0.2, 0) is 6.54 Å². The zero-order valence-corrected chi connectivity index (χ0v) is 13.4. The number of halogens is 3. The number of H-pyrrole nitrogens is 1. The molecule has 2 aromatic heterocycles. The number of hydrogen-bond acceptors (Lipinski definition) is 2. The second kappa shape index (κ2) is 5.01. The standard InChI is InChI=1S/C12H7BrClFN2S2/c13-6-1-2-19-11(6)5-17-10-3-7(14)8(15)4-9(10)16-12(17)18/h1-4H,5H2,(H,16,18). The topological polar surface area (TPSA) is 20.7 Å². The maximum absolute atomic E-state index is 13.4. The molecule has 0 atom stereocenters. The molecule has 98 valence electrons. The molecule has 0 fully saturated rings. The van der Waals surface area contributed by atoms with E-state index in [2.05, 4.69) is 20.9 Å². The Morgan fingerprint density at radius 2 is 2.26 bits per heavy atom. The highest BCUT2D eigenvalue weighted by atomic mass is 79.9. The molecule has 0 radical (unpaired) electrons. The van der Waals surface area contributed by atoms with Gasteiger partial charge in [-0.3, -0.25) is 0 Å². The first-order valence-corrected chi connectivity index (χ1v) is 7.81. The first kappa shape index (κ1) is 13.3. The van der Waals surface area contributed by atoms with Crippen molar-refractivity contribution in [3.8, 4) is 0 Å². The quantitative estimate of drug-likeness (QED) is 0.596. The number of aromatic nitrogens is 2.